The van der Waals surface area contributed by atoms with Gasteiger partial charge in [-0.3, -0.25) is 14.9 Å². The average Bonchev–Trinajstić information content (AvgIpc) is 2.35. The molecule has 0 bridgehead atoms. The molecule has 1 N–H and O–H groups in total. The lowest BCUT2D eigenvalue weighted by atomic mass is 10.2. The second-order valence-electron chi connectivity index (χ2n) is 4.57. The van der Waals surface area contributed by atoms with E-state index in [9.17, 15) is 14.9 Å². The van der Waals surface area contributed by atoms with E-state index in [-0.39, 0.29) is 23.8 Å². The lowest BCUT2D eigenvalue weighted by Crippen LogP contribution is -2.34. The van der Waals surface area contributed by atoms with Crippen LogP contribution in [0.3, 0.4) is 0 Å². The predicted molar refractivity (Wildman–Crippen MR) is 70.3 cm³/mol. The van der Waals surface area contributed by atoms with Crippen LogP contribution in [0.2, 0.25) is 0 Å². The Hall–Kier alpha value is -2.69. The fourth-order valence-corrected chi connectivity index (χ4v) is 1.77. The van der Waals surface area contributed by atoms with Gasteiger partial charge >= 0.3 is 11.7 Å². The first kappa shape index (κ1) is 15.4. The molecule has 8 nitrogen and oxygen atoms in total. The first-order valence-corrected chi connectivity index (χ1v) is 5.87. The minimum absolute atomic E-state index is 0.0847. The van der Waals surface area contributed by atoms with E-state index in [4.69, 9.17) is 10.4 Å². The number of anilines is 1. The zero-order valence-electron chi connectivity index (χ0n) is 11.1. The van der Waals surface area contributed by atoms with E-state index in [1.807, 2.05) is 13.8 Å². The topological polar surface area (TPSA) is 120 Å². The maximum absolute atomic E-state index is 11.1. The van der Waals surface area contributed by atoms with Crippen molar-refractivity contribution in [1.82, 2.24) is 4.98 Å². The van der Waals surface area contributed by atoms with Crippen LogP contribution in [0.15, 0.2) is 12.3 Å². The Bertz CT molecular complexity index is 565. The number of carbonyl (C=O) groups is 1. The Labute approximate surface area is 115 Å². The van der Waals surface area contributed by atoms with E-state index in [0.29, 0.717) is 0 Å². The van der Waals surface area contributed by atoms with Crippen LogP contribution in [0.4, 0.5) is 11.5 Å². The third kappa shape index (κ3) is 3.65. The molecule has 0 amide bonds. The maximum Gasteiger partial charge on any atom is 0.329 e. The van der Waals surface area contributed by atoms with Gasteiger partial charge in [0.15, 0.2) is 0 Å². The summed E-state index contributed by atoms with van der Waals surface area (Å²) in [5.74, 6) is -1.13. The van der Waals surface area contributed by atoms with Crippen molar-refractivity contribution in [1.29, 1.82) is 5.26 Å². The molecule has 0 unspecified atom stereocenters. The van der Waals surface area contributed by atoms with Crippen molar-refractivity contribution in [3.8, 4) is 6.07 Å². The van der Waals surface area contributed by atoms with Gasteiger partial charge in [0.1, 0.15) is 18.2 Å². The van der Waals surface area contributed by atoms with Gasteiger partial charge in [0, 0.05) is 12.7 Å². The highest BCUT2D eigenvalue weighted by Crippen LogP contribution is 2.29. The molecule has 0 radical (unpaired) electrons. The van der Waals surface area contributed by atoms with Gasteiger partial charge in [0.2, 0.25) is 5.82 Å². The summed E-state index contributed by atoms with van der Waals surface area (Å²) >= 11 is 0. The zero-order valence-corrected chi connectivity index (χ0v) is 11.1. The summed E-state index contributed by atoms with van der Waals surface area (Å²) in [5, 5.41) is 28.9. The Morgan fingerprint density at radius 2 is 2.30 bits per heavy atom. The van der Waals surface area contributed by atoms with Crippen molar-refractivity contribution < 1.29 is 14.8 Å². The smallest absolute Gasteiger partial charge is 0.329 e. The molecule has 1 heterocycles. The number of carboxylic acid groups (broad SMARTS) is 1. The van der Waals surface area contributed by atoms with Gasteiger partial charge < -0.3 is 10.0 Å². The second-order valence-corrected chi connectivity index (χ2v) is 4.57. The van der Waals surface area contributed by atoms with Crippen LogP contribution >= 0.6 is 0 Å². The predicted octanol–water partition coefficient (Wildman–Crippen LogP) is 1.41. The van der Waals surface area contributed by atoms with Crippen molar-refractivity contribution in [2.45, 2.75) is 13.8 Å². The Morgan fingerprint density at radius 3 is 2.75 bits per heavy atom. The van der Waals surface area contributed by atoms with Crippen LogP contribution in [-0.2, 0) is 4.79 Å². The standard InChI is InChI=1S/C12H14N4O4/c1-8(2)6-15(7-10(17)18)12-11(16(19)20)9(5-13)3-4-14-12/h3-4,8H,6-7H2,1-2H3,(H,17,18). The molecule has 1 aromatic heterocycles. The van der Waals surface area contributed by atoms with Gasteiger partial charge in [0.05, 0.1) is 4.92 Å². The Balaban J connectivity index is 3.35. The van der Waals surface area contributed by atoms with Gasteiger partial charge in [-0.05, 0) is 12.0 Å². The van der Waals surface area contributed by atoms with E-state index in [1.54, 1.807) is 6.07 Å². The van der Waals surface area contributed by atoms with Crippen molar-refractivity contribution in [2.24, 2.45) is 5.92 Å². The SMILES string of the molecule is CC(C)CN(CC(=O)O)c1nccc(C#N)c1[N+](=O)[O-]. The van der Waals surface area contributed by atoms with E-state index in [0.717, 1.165) is 0 Å². The second kappa shape index (κ2) is 6.47. The van der Waals surface area contributed by atoms with Gasteiger partial charge in [0.25, 0.3) is 0 Å². The number of nitro groups is 1. The van der Waals surface area contributed by atoms with E-state index in [2.05, 4.69) is 4.98 Å². The fraction of sp³-hybridized carbons (Fsp3) is 0.417. The number of aliphatic carboxylic acids is 1. The van der Waals surface area contributed by atoms with Crippen LogP contribution in [0.1, 0.15) is 19.4 Å². The van der Waals surface area contributed by atoms with Crippen LogP contribution in [-0.4, -0.2) is 34.1 Å². The van der Waals surface area contributed by atoms with Crippen LogP contribution in [0.25, 0.3) is 0 Å². The van der Waals surface area contributed by atoms with Gasteiger partial charge in [-0.15, -0.1) is 0 Å². The molecule has 0 fully saturated rings. The highest BCUT2D eigenvalue weighted by Gasteiger charge is 2.27. The molecule has 0 aliphatic heterocycles. The highest BCUT2D eigenvalue weighted by atomic mass is 16.6. The number of rotatable bonds is 6. The van der Waals surface area contributed by atoms with E-state index >= 15 is 0 Å². The van der Waals surface area contributed by atoms with Crippen LogP contribution in [0, 0.1) is 27.4 Å². The summed E-state index contributed by atoms with van der Waals surface area (Å²) in [6.07, 6.45) is 1.26. The monoisotopic (exact) mass is 278 g/mol. The summed E-state index contributed by atoms with van der Waals surface area (Å²) in [6.45, 7) is 3.58. The normalized spacial score (nSPS) is 10.1. The van der Waals surface area contributed by atoms with Crippen molar-refractivity contribution in [3.63, 3.8) is 0 Å². The minimum Gasteiger partial charge on any atom is -0.480 e. The van der Waals surface area contributed by atoms with Crippen molar-refractivity contribution in [3.05, 3.63) is 27.9 Å². The Kier molecular flexibility index (Phi) is 4.97. The lowest BCUT2D eigenvalue weighted by molar-refractivity contribution is -0.384. The molecular weight excluding hydrogens is 264 g/mol. The number of hydrogen-bond donors (Lipinski definition) is 1. The van der Waals surface area contributed by atoms with Crippen LogP contribution in [0.5, 0.6) is 0 Å². The molecule has 106 valence electrons. The summed E-state index contributed by atoms with van der Waals surface area (Å²) in [4.78, 5) is 26.5. The molecule has 0 aliphatic carbocycles. The molecule has 0 atom stereocenters. The molecule has 0 spiro atoms. The quantitative estimate of drug-likeness (QED) is 0.616. The lowest BCUT2D eigenvalue weighted by Gasteiger charge is -2.23. The third-order valence-electron chi connectivity index (χ3n) is 2.42. The maximum atomic E-state index is 11.1. The number of hydrogen-bond acceptors (Lipinski definition) is 6. The number of carboxylic acids is 1. The molecule has 1 rings (SSSR count). The largest absolute Gasteiger partial charge is 0.480 e. The molecule has 0 aliphatic rings. The molecule has 0 aromatic carbocycles. The number of nitrogens with zero attached hydrogens (tertiary/aromatic N) is 4. The van der Waals surface area contributed by atoms with E-state index in [1.165, 1.54) is 17.2 Å². The molecular formula is C12H14N4O4. The van der Waals surface area contributed by atoms with Gasteiger partial charge in [-0.25, -0.2) is 4.98 Å². The zero-order chi connectivity index (χ0) is 15.3. The van der Waals surface area contributed by atoms with Gasteiger partial charge in [-0.2, -0.15) is 5.26 Å². The first-order valence-electron chi connectivity index (χ1n) is 5.87. The number of aromatic nitrogens is 1. The number of pyridine rings is 1. The summed E-state index contributed by atoms with van der Waals surface area (Å²) in [5.41, 5.74) is -0.601. The Morgan fingerprint density at radius 1 is 1.65 bits per heavy atom. The molecule has 0 saturated carbocycles. The van der Waals surface area contributed by atoms with Crippen molar-refractivity contribution in [2.75, 3.05) is 18.0 Å². The highest BCUT2D eigenvalue weighted by molar-refractivity contribution is 5.76. The minimum atomic E-state index is -1.12. The average molecular weight is 278 g/mol. The van der Waals surface area contributed by atoms with Gasteiger partial charge in [-0.1, -0.05) is 13.8 Å². The van der Waals surface area contributed by atoms with E-state index < -0.39 is 23.1 Å². The molecule has 20 heavy (non-hydrogen) atoms. The molecule has 0 saturated heterocycles. The third-order valence-corrected chi connectivity index (χ3v) is 2.42. The summed E-state index contributed by atoms with van der Waals surface area (Å²) in [7, 11) is 0. The molecule has 1 aromatic rings. The number of nitriles is 1. The van der Waals surface area contributed by atoms with Crippen LogP contribution < -0.4 is 4.90 Å². The summed E-state index contributed by atoms with van der Waals surface area (Å²) in [6, 6.07) is 2.96. The first-order chi connectivity index (χ1) is 9.36. The van der Waals surface area contributed by atoms with Crippen molar-refractivity contribution >= 4 is 17.5 Å². The fourth-order valence-electron chi connectivity index (χ4n) is 1.77. The summed E-state index contributed by atoms with van der Waals surface area (Å²) < 4.78 is 0. The molecule has 8 heteroatoms.